The summed E-state index contributed by atoms with van der Waals surface area (Å²) in [6.45, 7) is 11.1. The van der Waals surface area contributed by atoms with Crippen molar-refractivity contribution in [1.29, 1.82) is 0 Å². The van der Waals surface area contributed by atoms with E-state index in [1.807, 2.05) is 48.5 Å². The number of hydrogen-bond donors (Lipinski definition) is 0. The fourth-order valence-electron chi connectivity index (χ4n) is 4.17. The van der Waals surface area contributed by atoms with Crippen LogP contribution in [0.25, 0.3) is 16.6 Å². The van der Waals surface area contributed by atoms with Crippen molar-refractivity contribution in [1.82, 2.24) is 4.98 Å². The molecule has 1 heterocycles. The number of aromatic nitrogens is 1. The van der Waals surface area contributed by atoms with E-state index in [1.54, 1.807) is 0 Å². The standard InChI is InChI=1S/C31H31N2.CH3.Gd.Hf/c1-21(2)26-19-23(5)20-27(22(3)4)31(26)33-30(25-15-10-7-11-16-25)29-18-12-17-28(32-29)24-13-8-6-9-14-24;;;/h6-13,15,17-22,30H,1-5H3;1H3;;/q-3;-1;;. The second-order valence-electron chi connectivity index (χ2n) is 9.17. The van der Waals surface area contributed by atoms with Gasteiger partial charge in [0.25, 0.3) is 0 Å². The van der Waals surface area contributed by atoms with E-state index in [0.717, 1.165) is 28.2 Å². The van der Waals surface area contributed by atoms with Crippen LogP contribution in [0.15, 0.2) is 78.9 Å². The number of hydrogen-bond acceptors (Lipinski definition) is 1. The molecule has 0 bridgehead atoms. The largest absolute Gasteiger partial charge is 0.674 e. The second-order valence-corrected chi connectivity index (χ2v) is 9.17. The van der Waals surface area contributed by atoms with Gasteiger partial charge in [0.1, 0.15) is 0 Å². The van der Waals surface area contributed by atoms with Crippen LogP contribution in [-0.4, -0.2) is 4.98 Å². The summed E-state index contributed by atoms with van der Waals surface area (Å²) < 4.78 is 0. The van der Waals surface area contributed by atoms with Crippen LogP contribution in [0.3, 0.4) is 0 Å². The maximum Gasteiger partial charge on any atom is 0.0174 e. The molecular weight excluding hydrogens is 748 g/mol. The maximum atomic E-state index is 5.41. The van der Waals surface area contributed by atoms with Crippen LogP contribution in [0, 0.1) is 66.4 Å². The molecule has 1 aromatic heterocycles. The van der Waals surface area contributed by atoms with Gasteiger partial charge >= 0.3 is 0 Å². The summed E-state index contributed by atoms with van der Waals surface area (Å²) in [6.07, 6.45) is 0. The Labute approximate surface area is 269 Å². The van der Waals surface area contributed by atoms with E-state index in [0.29, 0.717) is 11.8 Å². The van der Waals surface area contributed by atoms with Crippen molar-refractivity contribution in [3.63, 3.8) is 0 Å². The molecule has 0 aliphatic heterocycles. The zero-order valence-electron chi connectivity index (χ0n) is 22.0. The third-order valence-corrected chi connectivity index (χ3v) is 5.88. The van der Waals surface area contributed by atoms with Gasteiger partial charge in [-0.15, -0.1) is 41.6 Å². The number of aryl methyl sites for hydroxylation is 1. The van der Waals surface area contributed by atoms with Crippen LogP contribution in [0.4, 0.5) is 5.69 Å². The Morgan fingerprint density at radius 3 is 1.92 bits per heavy atom. The van der Waals surface area contributed by atoms with Crippen LogP contribution >= 0.6 is 0 Å². The van der Waals surface area contributed by atoms with E-state index in [-0.39, 0.29) is 79.3 Å². The van der Waals surface area contributed by atoms with E-state index >= 15 is 0 Å². The summed E-state index contributed by atoms with van der Waals surface area (Å²) >= 11 is 0. The molecule has 188 valence electrons. The molecule has 3 aromatic carbocycles. The summed E-state index contributed by atoms with van der Waals surface area (Å²) in [6, 6.07) is 33.2. The third kappa shape index (κ3) is 7.90. The van der Waals surface area contributed by atoms with E-state index < -0.39 is 0 Å². The van der Waals surface area contributed by atoms with Gasteiger partial charge in [0.15, 0.2) is 0 Å². The van der Waals surface area contributed by atoms with Crippen molar-refractivity contribution in [3.05, 3.63) is 132 Å². The van der Waals surface area contributed by atoms with Gasteiger partial charge in [-0.1, -0.05) is 74.7 Å². The van der Waals surface area contributed by atoms with Gasteiger partial charge in [0.05, 0.1) is 0 Å². The molecule has 0 N–H and O–H groups in total. The average Bonchev–Trinajstić information content (AvgIpc) is 2.83. The summed E-state index contributed by atoms with van der Waals surface area (Å²) in [4.78, 5) is 5.04. The average molecular weight is 782 g/mol. The van der Waals surface area contributed by atoms with Crippen LogP contribution in [0.2, 0.25) is 0 Å². The van der Waals surface area contributed by atoms with Crippen LogP contribution < -0.4 is 0 Å². The summed E-state index contributed by atoms with van der Waals surface area (Å²) in [5.74, 6) is 0.750. The Morgan fingerprint density at radius 2 is 1.39 bits per heavy atom. The summed E-state index contributed by atoms with van der Waals surface area (Å²) in [5.41, 5.74) is 8.76. The van der Waals surface area contributed by atoms with E-state index in [2.05, 4.69) is 77.1 Å². The normalized spacial score (nSPS) is 11.2. The minimum Gasteiger partial charge on any atom is -0.674 e. The van der Waals surface area contributed by atoms with Crippen molar-refractivity contribution in [3.8, 4) is 11.3 Å². The molecule has 0 saturated heterocycles. The molecule has 2 nitrogen and oxygen atoms in total. The predicted molar refractivity (Wildman–Crippen MR) is 144 cm³/mol. The molecule has 36 heavy (non-hydrogen) atoms. The second kappa shape index (κ2) is 15.3. The van der Waals surface area contributed by atoms with Crippen molar-refractivity contribution in [2.75, 3.05) is 0 Å². The number of pyridine rings is 1. The molecule has 0 fully saturated rings. The Hall–Kier alpha value is -1.20. The van der Waals surface area contributed by atoms with Crippen LogP contribution in [-0.2, 0) is 25.8 Å². The maximum absolute atomic E-state index is 5.41. The molecule has 1 atom stereocenters. The molecule has 4 aromatic rings. The molecule has 0 aliphatic rings. The Balaban J connectivity index is 0.00000216. The van der Waals surface area contributed by atoms with Gasteiger partial charge in [-0.05, 0) is 30.5 Å². The molecule has 4 heteroatoms. The van der Waals surface area contributed by atoms with Crippen molar-refractivity contribution >= 4 is 5.69 Å². The van der Waals surface area contributed by atoms with E-state index in [9.17, 15) is 0 Å². The van der Waals surface area contributed by atoms with E-state index in [1.165, 1.54) is 16.7 Å². The van der Waals surface area contributed by atoms with Gasteiger partial charge in [-0.3, -0.25) is 0 Å². The van der Waals surface area contributed by atoms with Gasteiger partial charge in [-0.25, -0.2) is 0 Å². The van der Waals surface area contributed by atoms with Crippen LogP contribution in [0.5, 0.6) is 0 Å². The first kappa shape index (κ1) is 32.8. The van der Waals surface area contributed by atoms with E-state index in [4.69, 9.17) is 10.3 Å². The molecule has 4 rings (SSSR count). The van der Waals surface area contributed by atoms with Gasteiger partial charge < -0.3 is 17.7 Å². The van der Waals surface area contributed by atoms with Crippen LogP contribution in [0.1, 0.15) is 73.5 Å². The first-order valence-electron chi connectivity index (χ1n) is 11.7. The van der Waals surface area contributed by atoms with Crippen molar-refractivity contribution in [2.45, 2.75) is 52.5 Å². The molecule has 0 saturated carbocycles. The first-order valence-corrected chi connectivity index (χ1v) is 11.7. The zero-order valence-corrected chi connectivity index (χ0v) is 27.8. The molecular formula is C32H34GdHfN2-4. The van der Waals surface area contributed by atoms with Gasteiger partial charge in [-0.2, -0.15) is 35.9 Å². The monoisotopic (exact) mass is 784 g/mol. The fraction of sp³-hybridized carbons (Fsp3) is 0.250. The Bertz CT molecular complexity index is 1180. The predicted octanol–water partition coefficient (Wildman–Crippen LogP) is 9.15. The quantitative estimate of drug-likeness (QED) is 0.136. The van der Waals surface area contributed by atoms with Crippen molar-refractivity contribution < 1.29 is 65.8 Å². The molecule has 0 amide bonds. The fourth-order valence-corrected chi connectivity index (χ4v) is 4.17. The Kier molecular flexibility index (Phi) is 13.9. The van der Waals surface area contributed by atoms with Gasteiger partial charge in [0.2, 0.25) is 0 Å². The number of rotatable bonds is 7. The summed E-state index contributed by atoms with van der Waals surface area (Å²) in [7, 11) is 0. The Morgan fingerprint density at radius 1 is 0.778 bits per heavy atom. The molecule has 0 spiro atoms. The smallest absolute Gasteiger partial charge is 0.0174 e. The molecule has 1 unspecified atom stereocenters. The first-order chi connectivity index (χ1) is 15.9. The third-order valence-electron chi connectivity index (χ3n) is 5.88. The molecule has 0 aliphatic carbocycles. The topological polar surface area (TPSA) is 27.0 Å². The summed E-state index contributed by atoms with van der Waals surface area (Å²) in [5, 5.41) is 5.41. The van der Waals surface area contributed by atoms with Crippen molar-refractivity contribution in [2.24, 2.45) is 0 Å². The number of nitrogens with zero attached hydrogens (tertiary/aromatic N) is 2. The SMILES string of the molecule is Cc1cc(C(C)C)c([N-]C(c2[c-]cccc2)c2cccc(-c3[c-]cccc3)n2)c(C(C)C)c1.[CH3-].[Gd].[Hf]. The van der Waals surface area contributed by atoms with Gasteiger partial charge in [0, 0.05) is 71.5 Å². The minimum absolute atomic E-state index is 0. The molecule has 0 radical (unpaired) electrons. The zero-order chi connectivity index (χ0) is 23.4. The number of benzene rings is 3. The minimum atomic E-state index is -0.243.